The van der Waals surface area contributed by atoms with Gasteiger partial charge in [0.2, 0.25) is 0 Å². The highest BCUT2D eigenvalue weighted by Gasteiger charge is 2.30. The summed E-state index contributed by atoms with van der Waals surface area (Å²) in [6.45, 7) is 7.27. The van der Waals surface area contributed by atoms with Crippen molar-refractivity contribution in [2.24, 2.45) is 5.92 Å². The van der Waals surface area contributed by atoms with E-state index in [1.54, 1.807) is 0 Å². The number of esters is 4. The van der Waals surface area contributed by atoms with Crippen molar-refractivity contribution in [3.8, 4) is 0 Å². The molecular formula is C77H150O17P2. The van der Waals surface area contributed by atoms with Crippen LogP contribution in [-0.4, -0.2) is 96.7 Å². The molecule has 0 radical (unpaired) electrons. The number of hydrogen-bond donors (Lipinski definition) is 3. The molecule has 0 fully saturated rings. The van der Waals surface area contributed by atoms with Crippen LogP contribution in [0.25, 0.3) is 0 Å². The molecule has 0 rings (SSSR count). The smallest absolute Gasteiger partial charge is 0.462 e. The molecule has 17 nitrogen and oxygen atoms in total. The SMILES string of the molecule is CCCCCCCCCCCCCCCCCCC(=O)O[C@H](COC(=O)CCCCCCCCCCCCCCCCC)COP(=O)(O)OC[C@@H](O)COP(=O)(O)OC[C@@H](COC(=O)CCCCCCCCC(C)CC)OC(=O)CCCCCCCCCCCCCCCCC. The lowest BCUT2D eigenvalue weighted by molar-refractivity contribution is -0.161. The maximum atomic E-state index is 13.1. The van der Waals surface area contributed by atoms with Crippen molar-refractivity contribution in [1.29, 1.82) is 0 Å². The summed E-state index contributed by atoms with van der Waals surface area (Å²) < 4.78 is 68.6. The largest absolute Gasteiger partial charge is 0.472 e. The van der Waals surface area contributed by atoms with Crippen molar-refractivity contribution in [2.75, 3.05) is 39.6 Å². The summed E-state index contributed by atoms with van der Waals surface area (Å²) in [5.74, 6) is -1.38. The number of ether oxygens (including phenoxy) is 4. The molecule has 19 heteroatoms. The normalized spacial score (nSPS) is 14.2. The summed E-state index contributed by atoms with van der Waals surface area (Å²) in [4.78, 5) is 72.9. The Morgan fingerprint density at radius 2 is 0.500 bits per heavy atom. The monoisotopic (exact) mass is 1410 g/mol. The number of carbonyl (C=O) groups excluding carboxylic acids is 4. The molecule has 3 unspecified atom stereocenters. The third-order valence-corrected chi connectivity index (χ3v) is 20.3. The molecule has 0 aliphatic heterocycles. The van der Waals surface area contributed by atoms with Crippen molar-refractivity contribution < 1.29 is 80.2 Å². The van der Waals surface area contributed by atoms with Crippen LogP contribution in [0.4, 0.5) is 0 Å². The van der Waals surface area contributed by atoms with Gasteiger partial charge in [-0.1, -0.05) is 356 Å². The van der Waals surface area contributed by atoms with E-state index in [1.165, 1.54) is 225 Å². The first-order chi connectivity index (χ1) is 46.6. The third kappa shape index (κ3) is 69.2. The van der Waals surface area contributed by atoms with Crippen LogP contribution in [0.2, 0.25) is 0 Å². The Morgan fingerprint density at radius 3 is 0.740 bits per heavy atom. The Balaban J connectivity index is 5.25. The Bertz CT molecular complexity index is 1840. The van der Waals surface area contributed by atoms with Gasteiger partial charge in [0.05, 0.1) is 26.4 Å². The van der Waals surface area contributed by atoms with Gasteiger partial charge in [-0.15, -0.1) is 0 Å². The maximum absolute atomic E-state index is 13.1. The number of phosphoric ester groups is 2. The minimum Gasteiger partial charge on any atom is -0.462 e. The average molecular weight is 1410 g/mol. The van der Waals surface area contributed by atoms with Crippen LogP contribution in [0, 0.1) is 5.92 Å². The average Bonchev–Trinajstić information content (AvgIpc) is 2.14. The van der Waals surface area contributed by atoms with Crippen molar-refractivity contribution in [3.05, 3.63) is 0 Å². The van der Waals surface area contributed by atoms with E-state index in [2.05, 4.69) is 34.6 Å². The van der Waals surface area contributed by atoms with E-state index in [0.717, 1.165) is 102 Å². The van der Waals surface area contributed by atoms with E-state index in [0.29, 0.717) is 25.7 Å². The molecule has 0 aliphatic carbocycles. The molecule has 0 saturated carbocycles. The molecular weight excluding hydrogens is 1260 g/mol. The van der Waals surface area contributed by atoms with Crippen LogP contribution in [0.5, 0.6) is 0 Å². The molecule has 0 heterocycles. The Labute approximate surface area is 588 Å². The first-order valence-corrected chi connectivity index (χ1v) is 43.2. The van der Waals surface area contributed by atoms with Gasteiger partial charge in [0.1, 0.15) is 19.3 Å². The molecule has 96 heavy (non-hydrogen) atoms. The lowest BCUT2D eigenvalue weighted by Gasteiger charge is -2.21. The zero-order valence-electron chi connectivity index (χ0n) is 62.5. The van der Waals surface area contributed by atoms with E-state index in [1.807, 2.05) is 0 Å². The summed E-state index contributed by atoms with van der Waals surface area (Å²) in [5, 5.41) is 10.6. The second-order valence-corrected chi connectivity index (χ2v) is 30.9. The topological polar surface area (TPSA) is 237 Å². The molecule has 0 spiro atoms. The fourth-order valence-electron chi connectivity index (χ4n) is 11.8. The number of hydrogen-bond acceptors (Lipinski definition) is 15. The number of aliphatic hydroxyl groups excluding tert-OH is 1. The minimum absolute atomic E-state index is 0.108. The van der Waals surface area contributed by atoms with Crippen LogP contribution in [-0.2, 0) is 65.4 Å². The number of aliphatic hydroxyl groups is 1. The van der Waals surface area contributed by atoms with E-state index < -0.39 is 97.5 Å². The fraction of sp³-hybridized carbons (Fsp3) is 0.948. The molecule has 6 atom stereocenters. The first-order valence-electron chi connectivity index (χ1n) is 40.2. The molecule has 0 aromatic rings. The van der Waals surface area contributed by atoms with Crippen LogP contribution in [0.1, 0.15) is 407 Å². The fourth-order valence-corrected chi connectivity index (χ4v) is 13.4. The molecule has 0 bridgehead atoms. The van der Waals surface area contributed by atoms with Crippen LogP contribution in [0.3, 0.4) is 0 Å². The number of carbonyl (C=O) groups is 4. The molecule has 0 aromatic carbocycles. The van der Waals surface area contributed by atoms with Crippen molar-refractivity contribution in [1.82, 2.24) is 0 Å². The Hall–Kier alpha value is -1.94. The number of rotatable bonds is 77. The highest BCUT2D eigenvalue weighted by molar-refractivity contribution is 7.47. The predicted molar refractivity (Wildman–Crippen MR) is 391 cm³/mol. The summed E-state index contributed by atoms with van der Waals surface area (Å²) in [6.07, 6.45) is 59.5. The molecule has 3 N–H and O–H groups in total. The summed E-state index contributed by atoms with van der Waals surface area (Å²) in [6, 6.07) is 0. The summed E-state index contributed by atoms with van der Waals surface area (Å²) in [7, 11) is -9.91. The molecule has 0 amide bonds. The van der Waals surface area contributed by atoms with Gasteiger partial charge >= 0.3 is 39.5 Å². The highest BCUT2D eigenvalue weighted by atomic mass is 31.2. The molecule has 0 aliphatic rings. The van der Waals surface area contributed by atoms with Gasteiger partial charge < -0.3 is 33.8 Å². The van der Waals surface area contributed by atoms with Gasteiger partial charge in [-0.05, 0) is 31.6 Å². The zero-order valence-corrected chi connectivity index (χ0v) is 64.3. The van der Waals surface area contributed by atoms with Gasteiger partial charge in [-0.3, -0.25) is 37.3 Å². The third-order valence-electron chi connectivity index (χ3n) is 18.4. The number of unbranched alkanes of at least 4 members (excludes halogenated alkanes) is 48. The van der Waals surface area contributed by atoms with Gasteiger partial charge in [0, 0.05) is 25.7 Å². The molecule has 0 aromatic heterocycles. The lowest BCUT2D eigenvalue weighted by Crippen LogP contribution is -2.30. The molecule has 0 saturated heterocycles. The van der Waals surface area contributed by atoms with Crippen molar-refractivity contribution in [3.63, 3.8) is 0 Å². The Kier molecular flexibility index (Phi) is 68.7. The maximum Gasteiger partial charge on any atom is 0.472 e. The van der Waals surface area contributed by atoms with Crippen molar-refractivity contribution >= 4 is 39.5 Å². The van der Waals surface area contributed by atoms with Crippen LogP contribution >= 0.6 is 15.6 Å². The van der Waals surface area contributed by atoms with E-state index >= 15 is 0 Å². The summed E-state index contributed by atoms with van der Waals surface area (Å²) >= 11 is 0. The van der Waals surface area contributed by atoms with Crippen LogP contribution < -0.4 is 0 Å². The Morgan fingerprint density at radius 1 is 0.292 bits per heavy atom. The van der Waals surface area contributed by atoms with E-state index in [4.69, 9.17) is 37.0 Å². The molecule has 570 valence electrons. The van der Waals surface area contributed by atoms with E-state index in [9.17, 15) is 43.2 Å². The minimum atomic E-state index is -4.96. The van der Waals surface area contributed by atoms with Gasteiger partial charge in [-0.2, -0.15) is 0 Å². The van der Waals surface area contributed by atoms with Crippen LogP contribution in [0.15, 0.2) is 0 Å². The highest BCUT2D eigenvalue weighted by Crippen LogP contribution is 2.45. The predicted octanol–water partition coefficient (Wildman–Crippen LogP) is 22.9. The van der Waals surface area contributed by atoms with Gasteiger partial charge in [-0.25, -0.2) is 9.13 Å². The number of phosphoric acid groups is 2. The second kappa shape index (κ2) is 70.1. The summed E-state index contributed by atoms with van der Waals surface area (Å²) in [5.41, 5.74) is 0. The second-order valence-electron chi connectivity index (χ2n) is 28.0. The lowest BCUT2D eigenvalue weighted by atomic mass is 10.00. The van der Waals surface area contributed by atoms with Gasteiger partial charge in [0.15, 0.2) is 12.2 Å². The zero-order chi connectivity index (χ0) is 70.5. The first kappa shape index (κ1) is 94.1. The van der Waals surface area contributed by atoms with Crippen molar-refractivity contribution in [2.45, 2.75) is 425 Å². The van der Waals surface area contributed by atoms with Gasteiger partial charge in [0.25, 0.3) is 0 Å². The standard InChI is InChI=1S/C77H150O17P2/c1-6-10-13-16-19-22-25-28-31-34-37-40-43-46-53-58-62-76(81)93-72(66-87-74(79)60-55-50-44-41-38-35-32-29-26-23-20-17-14-11-7-2)68-91-95(83,84)89-64-71(78)65-90-96(85,86)92-69-73(67-88-75(80)61-56-51-48-47-49-54-59-70(5)9-4)94-77(82)63-57-52-45-42-39-36-33-30-27-24-21-18-15-12-8-3/h70-73,78H,6-69H2,1-5H3,(H,83,84)(H,85,86)/t70?,71-,72-,73-/m1/s1. The van der Waals surface area contributed by atoms with E-state index in [-0.39, 0.29) is 25.7 Å². The quantitative estimate of drug-likeness (QED) is 0.0222.